The molecule has 104 heavy (non-hydrogen) atoms. The highest BCUT2D eigenvalue weighted by Gasteiger charge is 2.38. The van der Waals surface area contributed by atoms with Crippen LogP contribution < -0.4 is 0 Å². The second-order valence-corrected chi connectivity index (χ2v) is 30.9. The van der Waals surface area contributed by atoms with E-state index in [2.05, 4.69) is 365 Å². The predicted octanol–water partition coefficient (Wildman–Crippen LogP) is 25.7. The third-order valence-corrected chi connectivity index (χ3v) is 24.2. The van der Waals surface area contributed by atoms with E-state index in [-0.39, 0.29) is 16.2 Å². The van der Waals surface area contributed by atoms with Crippen molar-refractivity contribution < 1.29 is 0 Å². The van der Waals surface area contributed by atoms with Crippen LogP contribution in [0, 0.1) is 0 Å². The van der Waals surface area contributed by atoms with Gasteiger partial charge in [-0.3, -0.25) is 4.57 Å². The number of fused-ring (bicyclic) bond motifs is 20. The molecule has 4 aromatic heterocycles. The quantitative estimate of drug-likeness (QED) is 0.160. The number of hydrogen-bond acceptors (Lipinski definition) is 2. The molecule has 3 aliphatic rings. The molecule has 5 nitrogen and oxygen atoms in total. The molecule has 0 spiro atoms. The minimum Gasteiger partial charge on any atom is -0.309 e. The fraction of sp³-hybridized carbons (Fsp3) is 0.0909. The van der Waals surface area contributed by atoms with Gasteiger partial charge in [0.05, 0.1) is 44.3 Å². The Labute approximate surface area is 602 Å². The summed E-state index contributed by atoms with van der Waals surface area (Å²) in [5.41, 5.74) is 34.9. The lowest BCUT2D eigenvalue weighted by Crippen LogP contribution is -2.14. The van der Waals surface area contributed by atoms with Crippen molar-refractivity contribution in [1.82, 2.24) is 23.7 Å². The Morgan fingerprint density at radius 3 is 1.03 bits per heavy atom. The van der Waals surface area contributed by atoms with E-state index in [1.54, 1.807) is 0 Å². The van der Waals surface area contributed by atoms with E-state index in [9.17, 15) is 0 Å². The second kappa shape index (κ2) is 21.2. The van der Waals surface area contributed by atoms with E-state index in [1.807, 2.05) is 0 Å². The minimum absolute atomic E-state index is 0.0813. The van der Waals surface area contributed by atoms with Crippen LogP contribution in [0.1, 0.15) is 74.9 Å². The summed E-state index contributed by atoms with van der Waals surface area (Å²) in [5.74, 6) is 0.620. The van der Waals surface area contributed by atoms with Crippen LogP contribution in [0.4, 0.5) is 0 Å². The molecule has 490 valence electrons. The third kappa shape index (κ3) is 8.26. The Kier molecular flexibility index (Phi) is 12.0. The summed E-state index contributed by atoms with van der Waals surface area (Å²) in [7, 11) is 0. The average Bonchev–Trinajstić information content (AvgIpc) is 1.61. The van der Waals surface area contributed by atoms with Gasteiger partial charge in [0.25, 0.3) is 0 Å². The van der Waals surface area contributed by atoms with Gasteiger partial charge in [0, 0.05) is 70.9 Å². The van der Waals surface area contributed by atoms with Crippen molar-refractivity contribution in [3.05, 3.63) is 343 Å². The zero-order valence-electron chi connectivity index (χ0n) is 58.7. The van der Waals surface area contributed by atoms with E-state index < -0.39 is 0 Å². The molecule has 3 aliphatic carbocycles. The van der Waals surface area contributed by atoms with Crippen molar-refractivity contribution in [3.63, 3.8) is 0 Å². The Bertz CT molecular complexity index is 7020. The highest BCUT2D eigenvalue weighted by molar-refractivity contribution is 6.14. The summed E-state index contributed by atoms with van der Waals surface area (Å²) in [4.78, 5) is 11.5. The van der Waals surface area contributed by atoms with Gasteiger partial charge in [0.2, 0.25) is 5.95 Å². The van der Waals surface area contributed by atoms with Gasteiger partial charge in [-0.2, -0.15) is 0 Å². The Morgan fingerprint density at radius 2 is 0.558 bits per heavy atom. The molecular weight excluding hydrogens is 1260 g/mol. The van der Waals surface area contributed by atoms with E-state index in [0.717, 1.165) is 77.1 Å². The molecule has 0 bridgehead atoms. The molecule has 0 fully saturated rings. The SMILES string of the molecule is CC1(C)c2ccccc2-c2ccc(-c3ccc4c(c3)c3ccccc3n4-c3ccc4cc(-c5nc(-n6c7ccccc7c7cc(-c8ccc9c(c8)C(C)(C)c8ccccc8-9)ccc76)nc6ccc(-n7c8ccccc8c8cc(-c9ccc%10c(c9)C(C)(C)c9ccccc9-%10)ccc87)cc56)ccc4c3)cc21. The third-order valence-electron chi connectivity index (χ3n) is 24.2. The fourth-order valence-electron chi connectivity index (χ4n) is 19.0. The molecule has 0 atom stereocenters. The summed E-state index contributed by atoms with van der Waals surface area (Å²) in [6.45, 7) is 14.2. The molecule has 5 heteroatoms. The zero-order valence-corrected chi connectivity index (χ0v) is 58.7. The van der Waals surface area contributed by atoms with Gasteiger partial charge in [0.15, 0.2) is 0 Å². The van der Waals surface area contributed by atoms with Crippen LogP contribution in [0.2, 0.25) is 0 Å². The monoisotopic (exact) mass is 1330 g/mol. The van der Waals surface area contributed by atoms with Gasteiger partial charge in [-0.1, -0.05) is 242 Å². The molecule has 4 heterocycles. The topological polar surface area (TPSA) is 40.6 Å². The molecule has 22 rings (SSSR count). The highest BCUT2D eigenvalue weighted by atomic mass is 15.2. The minimum atomic E-state index is -0.110. The summed E-state index contributed by atoms with van der Waals surface area (Å²) in [5, 5.41) is 10.4. The number of rotatable bonds is 7. The van der Waals surface area contributed by atoms with E-state index >= 15 is 0 Å². The number of hydrogen-bond donors (Lipinski definition) is 0. The Balaban J connectivity index is 0.689. The number of para-hydroxylation sites is 3. The lowest BCUT2D eigenvalue weighted by atomic mass is 9.81. The summed E-state index contributed by atoms with van der Waals surface area (Å²) in [6, 6.07) is 116. The number of benzene rings is 15. The van der Waals surface area contributed by atoms with Crippen molar-refractivity contribution >= 4 is 87.1 Å². The van der Waals surface area contributed by atoms with Crippen LogP contribution >= 0.6 is 0 Å². The number of aromatic nitrogens is 5. The maximum absolute atomic E-state index is 5.84. The summed E-state index contributed by atoms with van der Waals surface area (Å²) >= 11 is 0. The standard InChI is InChI=1S/C99H69N5/c1-97(2)82-25-13-7-19-69(82)72-42-34-63(54-85(72)97)60-37-46-92-78(51-60)75-22-10-16-28-89(75)102(92)67-40-33-58-49-66(32-31-59(58)50-67)95-81-57-68(103-90-29-17-11-23-76(90)79-52-61(38-47-93(79)103)64-35-43-73-70-20-8-14-26-83(70)98(3,4)86(73)55-64)41-45-88(81)100-96(101-95)104-91-30-18-12-24-77(91)80-53-62(39-48-94(80)104)65-36-44-74-71-21-9-15-27-84(71)99(5,6)87(74)56-65/h7-57H,1-6H3. The molecule has 0 amide bonds. The molecule has 0 N–H and O–H groups in total. The normalized spacial score (nSPS) is 14.3. The van der Waals surface area contributed by atoms with Crippen LogP contribution in [0.5, 0.6) is 0 Å². The van der Waals surface area contributed by atoms with Gasteiger partial charge in [-0.05, 0) is 220 Å². The first-order valence-corrected chi connectivity index (χ1v) is 36.5. The maximum atomic E-state index is 5.84. The summed E-state index contributed by atoms with van der Waals surface area (Å²) in [6.07, 6.45) is 0. The molecule has 19 aromatic rings. The first-order chi connectivity index (χ1) is 50.8. The second-order valence-electron chi connectivity index (χ2n) is 30.9. The Morgan fingerprint density at radius 1 is 0.221 bits per heavy atom. The van der Waals surface area contributed by atoms with Crippen molar-refractivity contribution in [1.29, 1.82) is 0 Å². The van der Waals surface area contributed by atoms with Gasteiger partial charge >= 0.3 is 0 Å². The van der Waals surface area contributed by atoms with Crippen molar-refractivity contribution in [2.45, 2.75) is 57.8 Å². The van der Waals surface area contributed by atoms with Crippen LogP contribution in [0.15, 0.2) is 309 Å². The predicted molar refractivity (Wildman–Crippen MR) is 434 cm³/mol. The van der Waals surface area contributed by atoms with Gasteiger partial charge in [-0.15, -0.1) is 0 Å². The van der Waals surface area contributed by atoms with Gasteiger partial charge in [0.1, 0.15) is 0 Å². The van der Waals surface area contributed by atoms with Gasteiger partial charge < -0.3 is 9.13 Å². The van der Waals surface area contributed by atoms with Gasteiger partial charge in [-0.25, -0.2) is 9.97 Å². The fourth-order valence-corrected chi connectivity index (χ4v) is 19.0. The summed E-state index contributed by atoms with van der Waals surface area (Å²) < 4.78 is 7.16. The Hall–Kier alpha value is -12.7. The molecule has 0 saturated carbocycles. The van der Waals surface area contributed by atoms with Crippen molar-refractivity contribution in [2.24, 2.45) is 0 Å². The van der Waals surface area contributed by atoms with E-state index in [1.165, 1.54) is 133 Å². The number of nitrogens with zero attached hydrogens (tertiary/aromatic N) is 5. The van der Waals surface area contributed by atoms with Crippen LogP contribution in [0.25, 0.3) is 182 Å². The first-order valence-electron chi connectivity index (χ1n) is 36.5. The zero-order chi connectivity index (χ0) is 69.2. The van der Waals surface area contributed by atoms with E-state index in [4.69, 9.17) is 9.97 Å². The van der Waals surface area contributed by atoms with Crippen LogP contribution in [-0.2, 0) is 16.2 Å². The lowest BCUT2D eigenvalue weighted by molar-refractivity contribution is 0.660. The largest absolute Gasteiger partial charge is 0.309 e. The average molecular weight is 1330 g/mol. The lowest BCUT2D eigenvalue weighted by Gasteiger charge is -2.22. The molecule has 0 saturated heterocycles. The highest BCUT2D eigenvalue weighted by Crippen LogP contribution is 2.54. The van der Waals surface area contributed by atoms with E-state index in [0.29, 0.717) is 5.95 Å². The molecule has 15 aromatic carbocycles. The van der Waals surface area contributed by atoms with Crippen molar-refractivity contribution in [2.75, 3.05) is 0 Å². The van der Waals surface area contributed by atoms with Crippen molar-refractivity contribution in [3.8, 4) is 95.3 Å². The molecule has 0 aliphatic heterocycles. The molecule has 0 unspecified atom stereocenters. The van der Waals surface area contributed by atoms with Crippen LogP contribution in [0.3, 0.4) is 0 Å². The maximum Gasteiger partial charge on any atom is 0.235 e. The smallest absolute Gasteiger partial charge is 0.235 e. The first kappa shape index (κ1) is 59.0. The van der Waals surface area contributed by atoms with Crippen LogP contribution in [-0.4, -0.2) is 23.7 Å². The molecular formula is C99H69N5. The molecule has 0 radical (unpaired) electrons.